The Kier molecular flexibility index (Phi) is 29.0. The van der Waals surface area contributed by atoms with E-state index in [0.29, 0.717) is 65.9 Å². The van der Waals surface area contributed by atoms with E-state index in [-0.39, 0.29) is 139 Å². The van der Waals surface area contributed by atoms with E-state index in [1.54, 1.807) is 21.9 Å². The van der Waals surface area contributed by atoms with E-state index in [1.165, 1.54) is 11.0 Å². The number of amides is 4. The second kappa shape index (κ2) is 38.2. The Balaban J connectivity index is 0.000000184. The van der Waals surface area contributed by atoms with E-state index in [1.807, 2.05) is 149 Å². The SMILES string of the molecule is CC(C)(C)OC(=O)N1CCC[C@H]1C1=NC=C(c2ccc3cc(-c4ccc5nc([C@@H]6CCCN6C(=O)OCc6ccccc6)[nH]c(=O)c5c4)ccc3c2)C1.CC(C)(C)OC(=O)N1CCC[C@H]1C1=NC=C(c2ccc3cc(B4OC(C)(C)C(C)(C)O4)ccc3c2)C1.O=C(OCc1ccccc1)N1CCC[C@H]1c1nc2ccc(Br)cc2c(=O)[nH]1.S.S.S.S. The van der Waals surface area contributed by atoms with Crippen LogP contribution in [-0.4, -0.2) is 143 Å². The standard InChI is InChI=1S/C43H43N5O5.C29H37BN2O4.C20H18BrN3O3.4H2S/c1-43(2,3)53-42(51)47-19-7-11-37(47)36-24-33(25-44-36)31-16-15-28-21-30(14-13-29(28)22-31)32-17-18-35-34(23-32)40(49)46-39(45-35)38-12-8-20-48(38)41(50)52-26-27-9-5-4-6-10-27;1-27(2,3)34-26(33)32-14-8-9-25(32)24-17-22(18-31-24)20-10-11-21-16-23(13-12-19(21)15-20)30-35-28(4,5)29(6,7)36-30;21-14-8-9-16-15(11-14)19(25)23-18(22-16)17-7-4-10-24(17)20(26)27-12-13-5-2-1-3-6-13;;;;/h4-6,9-10,13-18,21-23,25,37-38H,7-8,11-12,19-20,24,26H2,1-3H3,(H,45,46,49);10-13,15-16,18,25H,8-9,14,17H2,1-7H3;1-3,5-6,8-9,11,17H,4,7,10,12H2,(H,22,23,25);4*1H2/t37-,38-;25-;17-;;;;/m000..../s1. The molecule has 0 spiro atoms. The second-order valence-electron chi connectivity index (χ2n) is 33.8. The number of nitrogens with one attached hydrogen (secondary N) is 2. The molecular formula is C92H106BBrN10O12S4. The third kappa shape index (κ3) is 20.7. The van der Waals surface area contributed by atoms with Crippen molar-refractivity contribution in [3.63, 3.8) is 0 Å². The predicted octanol–water partition coefficient (Wildman–Crippen LogP) is 19.1. The summed E-state index contributed by atoms with van der Waals surface area (Å²) in [7, 11) is -0.369. The van der Waals surface area contributed by atoms with Gasteiger partial charge in [-0.05, 0) is 241 Å². The molecule has 22 nitrogen and oxygen atoms in total. The van der Waals surface area contributed by atoms with Crippen LogP contribution in [0.3, 0.4) is 0 Å². The van der Waals surface area contributed by atoms with Crippen LogP contribution < -0.4 is 16.6 Å². The Morgan fingerprint density at radius 1 is 0.458 bits per heavy atom. The molecule has 17 rings (SSSR count). The molecule has 0 saturated carbocycles. The number of halogens is 1. The summed E-state index contributed by atoms with van der Waals surface area (Å²) < 4.78 is 35.7. The van der Waals surface area contributed by atoms with Crippen LogP contribution in [0.4, 0.5) is 19.2 Å². The van der Waals surface area contributed by atoms with Crippen LogP contribution in [0, 0.1) is 0 Å². The van der Waals surface area contributed by atoms with Crippen molar-refractivity contribution < 1.29 is 47.4 Å². The molecule has 0 unspecified atom stereocenters. The number of H-pyrrole nitrogens is 2. The minimum atomic E-state index is -0.538. The minimum Gasteiger partial charge on any atom is -0.445 e. The van der Waals surface area contributed by atoms with E-state index >= 15 is 0 Å². The molecule has 7 aliphatic rings. The number of likely N-dealkylation sites (tertiary alicyclic amines) is 4. The first-order valence-corrected chi connectivity index (χ1v) is 41.0. The molecule has 28 heteroatoms. The van der Waals surface area contributed by atoms with Crippen molar-refractivity contribution in [2.75, 3.05) is 26.2 Å². The van der Waals surface area contributed by atoms with E-state index in [4.69, 9.17) is 43.2 Å². The highest BCUT2D eigenvalue weighted by molar-refractivity contribution is 9.10. The number of carbonyl (C=O) groups is 4. The second-order valence-corrected chi connectivity index (χ2v) is 34.7. The number of carbonyl (C=O) groups excluding carboxylic acids is 4. The predicted molar refractivity (Wildman–Crippen MR) is 499 cm³/mol. The highest BCUT2D eigenvalue weighted by atomic mass is 79.9. The topological polar surface area (TPSA) is 253 Å². The molecule has 9 heterocycles. The highest BCUT2D eigenvalue weighted by Gasteiger charge is 2.52. The normalized spacial score (nSPS) is 19.0. The van der Waals surface area contributed by atoms with Gasteiger partial charge in [0.05, 0.1) is 57.2 Å². The van der Waals surface area contributed by atoms with Crippen LogP contribution in [0.5, 0.6) is 0 Å². The van der Waals surface area contributed by atoms with Crippen molar-refractivity contribution in [2.24, 2.45) is 9.98 Å². The summed E-state index contributed by atoms with van der Waals surface area (Å²) in [5.74, 6) is 0.980. The summed E-state index contributed by atoms with van der Waals surface area (Å²) in [6.07, 6.45) is 10.8. The first-order valence-electron chi connectivity index (χ1n) is 40.2. The number of aliphatic imine (C=N–C) groups is 2. The van der Waals surface area contributed by atoms with Gasteiger partial charge in [-0.25, -0.2) is 29.1 Å². The van der Waals surface area contributed by atoms with Gasteiger partial charge in [0.15, 0.2) is 0 Å². The van der Waals surface area contributed by atoms with Gasteiger partial charge in [0, 0.05) is 67.3 Å². The fourth-order valence-corrected chi connectivity index (χ4v) is 16.5. The molecule has 630 valence electrons. The largest absolute Gasteiger partial charge is 0.494 e. The molecule has 7 aliphatic heterocycles. The molecule has 5 fully saturated rings. The number of hydrogen-bond donors (Lipinski definition) is 2. The van der Waals surface area contributed by atoms with Crippen LogP contribution in [0.25, 0.3) is 65.6 Å². The van der Waals surface area contributed by atoms with Gasteiger partial charge in [0.1, 0.15) is 36.1 Å². The third-order valence-electron chi connectivity index (χ3n) is 22.8. The van der Waals surface area contributed by atoms with Gasteiger partial charge in [-0.2, -0.15) is 54.0 Å². The average Bonchev–Trinajstić information content (AvgIpc) is 1.50. The van der Waals surface area contributed by atoms with Crippen molar-refractivity contribution in [3.05, 3.63) is 241 Å². The van der Waals surface area contributed by atoms with E-state index in [0.717, 1.165) is 134 Å². The third-order valence-corrected chi connectivity index (χ3v) is 23.3. The highest BCUT2D eigenvalue weighted by Crippen LogP contribution is 2.40. The molecule has 0 bridgehead atoms. The van der Waals surface area contributed by atoms with Crippen molar-refractivity contribution in [3.8, 4) is 11.1 Å². The summed E-state index contributed by atoms with van der Waals surface area (Å²) in [4.78, 5) is 109. The lowest BCUT2D eigenvalue weighted by atomic mass is 9.78. The maximum Gasteiger partial charge on any atom is 0.494 e. The number of fused-ring (bicyclic) bond motifs is 4. The Morgan fingerprint density at radius 3 is 1.27 bits per heavy atom. The summed E-state index contributed by atoms with van der Waals surface area (Å²) in [6.45, 7) is 22.6. The molecule has 8 aromatic carbocycles. The van der Waals surface area contributed by atoms with Crippen molar-refractivity contribution in [1.82, 2.24) is 39.5 Å². The summed E-state index contributed by atoms with van der Waals surface area (Å²) in [5, 5.41) is 5.51. The zero-order valence-electron chi connectivity index (χ0n) is 69.4. The van der Waals surface area contributed by atoms with Gasteiger partial charge in [-0.3, -0.25) is 39.2 Å². The van der Waals surface area contributed by atoms with Gasteiger partial charge >= 0.3 is 31.5 Å². The first-order chi connectivity index (χ1) is 55.5. The quantitative estimate of drug-likeness (QED) is 0.0852. The van der Waals surface area contributed by atoms with Gasteiger partial charge in [-0.15, -0.1) is 0 Å². The number of aromatic amines is 2. The molecule has 4 atom stereocenters. The fourth-order valence-electron chi connectivity index (χ4n) is 16.1. The lowest BCUT2D eigenvalue weighted by Gasteiger charge is -2.32. The Bertz CT molecular complexity index is 5700. The fraction of sp³-hybridized carbons (Fsp3) is 0.370. The lowest BCUT2D eigenvalue weighted by molar-refractivity contribution is 0.00578. The number of nitrogens with zero attached hydrogens (tertiary/aromatic N) is 8. The smallest absolute Gasteiger partial charge is 0.445 e. The van der Waals surface area contributed by atoms with Crippen molar-refractivity contribution in [2.45, 2.75) is 193 Å². The molecule has 0 aliphatic carbocycles. The maximum absolute atomic E-state index is 13.4. The number of aromatic nitrogens is 4. The van der Waals surface area contributed by atoms with Crippen LogP contribution in [-0.2, 0) is 41.5 Å². The maximum atomic E-state index is 13.4. The average molecular weight is 1760 g/mol. The van der Waals surface area contributed by atoms with Crippen LogP contribution >= 0.6 is 69.9 Å². The summed E-state index contributed by atoms with van der Waals surface area (Å²) >= 11 is 3.37. The first kappa shape index (κ1) is 91.1. The van der Waals surface area contributed by atoms with E-state index in [9.17, 15) is 28.8 Å². The molecule has 2 N–H and O–H groups in total. The molecular weight excluding hydrogens is 1660 g/mol. The summed E-state index contributed by atoms with van der Waals surface area (Å²) in [5.41, 5.74) is 10.4. The monoisotopic (exact) mass is 1760 g/mol. The molecule has 0 radical (unpaired) electrons. The van der Waals surface area contributed by atoms with Crippen LogP contribution in [0.15, 0.2) is 206 Å². The van der Waals surface area contributed by atoms with Gasteiger partial charge in [0.25, 0.3) is 11.1 Å². The number of ether oxygens (including phenoxy) is 4. The van der Waals surface area contributed by atoms with Crippen molar-refractivity contribution in [1.29, 1.82) is 0 Å². The van der Waals surface area contributed by atoms with Gasteiger partial charge in [0.2, 0.25) is 0 Å². The lowest BCUT2D eigenvalue weighted by Crippen LogP contribution is -2.43. The number of allylic oxidation sites excluding steroid dienone is 2. The van der Waals surface area contributed by atoms with E-state index < -0.39 is 17.3 Å². The molecule has 5 saturated heterocycles. The molecule has 4 amide bonds. The van der Waals surface area contributed by atoms with E-state index in [2.05, 4.69) is 131 Å². The van der Waals surface area contributed by atoms with Crippen LogP contribution in [0.1, 0.15) is 179 Å². The minimum absolute atomic E-state index is 0. The molecule has 10 aromatic rings. The van der Waals surface area contributed by atoms with Crippen molar-refractivity contribution >= 4 is 173 Å². The Hall–Kier alpha value is -9.68. The molecule has 2 aromatic heterocycles. The molecule has 120 heavy (non-hydrogen) atoms. The Morgan fingerprint density at radius 2 is 0.825 bits per heavy atom. The number of hydrogen-bond acceptors (Lipinski definition) is 16. The van der Waals surface area contributed by atoms with Gasteiger partial charge < -0.3 is 38.2 Å². The zero-order chi connectivity index (χ0) is 81.4. The van der Waals surface area contributed by atoms with Gasteiger partial charge in [-0.1, -0.05) is 137 Å². The number of benzene rings is 8. The summed E-state index contributed by atoms with van der Waals surface area (Å²) in [6, 6.07) is 55.2. The number of rotatable bonds is 12. The van der Waals surface area contributed by atoms with Crippen LogP contribution in [0.2, 0.25) is 0 Å². The zero-order valence-corrected chi connectivity index (χ0v) is 75.0. The Labute approximate surface area is 736 Å².